The van der Waals surface area contributed by atoms with E-state index in [1.165, 1.54) is 5.56 Å². The fourth-order valence-corrected chi connectivity index (χ4v) is 4.72. The molecule has 0 aliphatic carbocycles. The summed E-state index contributed by atoms with van der Waals surface area (Å²) in [7, 11) is 0. The highest BCUT2D eigenvalue weighted by Gasteiger charge is 2.32. The van der Waals surface area contributed by atoms with Gasteiger partial charge in [0.2, 0.25) is 0 Å². The number of benzene rings is 1. The number of hydrogen-bond donors (Lipinski definition) is 0. The summed E-state index contributed by atoms with van der Waals surface area (Å²) in [5.74, 6) is 1.45. The molecule has 1 rings (SSSR count). The molecule has 1 atom stereocenters. The summed E-state index contributed by atoms with van der Waals surface area (Å²) in [5.41, 5.74) is 2.23. The fourth-order valence-electron chi connectivity index (χ4n) is 4.72. The number of carbonyl (C=O) groups excluding carboxylic acids is 1. The van der Waals surface area contributed by atoms with Crippen molar-refractivity contribution in [2.24, 2.45) is 17.8 Å². The second-order valence-electron chi connectivity index (χ2n) is 13.9. The van der Waals surface area contributed by atoms with Crippen molar-refractivity contribution >= 4 is 5.97 Å². The smallest absolute Gasteiger partial charge is 0.310 e. The van der Waals surface area contributed by atoms with Crippen LogP contribution < -0.4 is 0 Å². The van der Waals surface area contributed by atoms with Crippen LogP contribution in [0.1, 0.15) is 112 Å². The zero-order valence-electron chi connectivity index (χ0n) is 26.5. The minimum absolute atomic E-state index is 0.153. The molecule has 0 heterocycles. The summed E-state index contributed by atoms with van der Waals surface area (Å²) >= 11 is 0. The number of rotatable bonds is 18. The van der Waals surface area contributed by atoms with E-state index in [1.54, 1.807) is 0 Å². The van der Waals surface area contributed by atoms with Gasteiger partial charge in [-0.25, -0.2) is 0 Å². The average Bonchev–Trinajstić information content (AvgIpc) is 2.73. The van der Waals surface area contributed by atoms with Gasteiger partial charge in [-0.05, 0) is 97.5 Å². The number of ether oxygens (including phenoxy) is 3. The molecule has 4 heteroatoms. The second kappa shape index (κ2) is 15.2. The molecule has 1 unspecified atom stereocenters. The van der Waals surface area contributed by atoms with Crippen molar-refractivity contribution in [1.82, 2.24) is 0 Å². The lowest BCUT2D eigenvalue weighted by atomic mass is 9.79. The zero-order valence-corrected chi connectivity index (χ0v) is 26.5. The van der Waals surface area contributed by atoms with Gasteiger partial charge in [-0.2, -0.15) is 0 Å². The van der Waals surface area contributed by atoms with Crippen LogP contribution in [0.15, 0.2) is 36.4 Å². The molecule has 0 spiro atoms. The Bertz CT molecular complexity index is 846. The normalized spacial score (nSPS) is 13.7. The highest BCUT2D eigenvalue weighted by molar-refractivity contribution is 5.72. The van der Waals surface area contributed by atoms with Gasteiger partial charge in [-0.15, -0.1) is 0 Å². The van der Waals surface area contributed by atoms with E-state index in [2.05, 4.69) is 93.2 Å². The molecule has 0 amide bonds. The standard InChI is InChI=1S/C34H58O4/c1-25(2)17-19-36-33(9,10)23-30(26(3)4)24-34(11,12)37-20-18-32(7,8)38-31(35)22-28(6)21-29-15-13-27(5)14-16-29/h13-16,25-26,30H,6,17-24H2,1-5,7-12H3. The van der Waals surface area contributed by atoms with E-state index in [1.807, 2.05) is 13.8 Å². The van der Waals surface area contributed by atoms with E-state index in [0.29, 0.717) is 37.2 Å². The Morgan fingerprint density at radius 1 is 0.842 bits per heavy atom. The van der Waals surface area contributed by atoms with Crippen molar-refractivity contribution in [2.45, 2.75) is 131 Å². The third kappa shape index (κ3) is 15.1. The number of esters is 1. The van der Waals surface area contributed by atoms with E-state index in [4.69, 9.17) is 14.2 Å². The largest absolute Gasteiger partial charge is 0.459 e. The number of carbonyl (C=O) groups is 1. The van der Waals surface area contributed by atoms with Crippen LogP contribution in [0, 0.1) is 24.7 Å². The molecular weight excluding hydrogens is 472 g/mol. The third-order valence-corrected chi connectivity index (χ3v) is 7.19. The summed E-state index contributed by atoms with van der Waals surface area (Å²) in [5, 5.41) is 0. The van der Waals surface area contributed by atoms with Crippen LogP contribution in [-0.4, -0.2) is 36.0 Å². The molecule has 0 fully saturated rings. The van der Waals surface area contributed by atoms with Gasteiger partial charge < -0.3 is 14.2 Å². The van der Waals surface area contributed by atoms with Crippen molar-refractivity contribution in [3.05, 3.63) is 47.5 Å². The van der Waals surface area contributed by atoms with Crippen LogP contribution in [-0.2, 0) is 25.4 Å². The molecule has 1 aromatic carbocycles. The topological polar surface area (TPSA) is 44.8 Å². The van der Waals surface area contributed by atoms with Gasteiger partial charge in [-0.1, -0.05) is 69.7 Å². The minimum Gasteiger partial charge on any atom is -0.459 e. The van der Waals surface area contributed by atoms with E-state index in [0.717, 1.165) is 37.0 Å². The van der Waals surface area contributed by atoms with Crippen molar-refractivity contribution < 1.29 is 19.0 Å². The first kappa shape index (κ1) is 34.4. The predicted molar refractivity (Wildman–Crippen MR) is 161 cm³/mol. The van der Waals surface area contributed by atoms with Crippen molar-refractivity contribution in [3.63, 3.8) is 0 Å². The summed E-state index contributed by atoms with van der Waals surface area (Å²) in [6.07, 6.45) is 4.61. The van der Waals surface area contributed by atoms with Crippen molar-refractivity contribution in [1.29, 1.82) is 0 Å². The van der Waals surface area contributed by atoms with Crippen LogP contribution >= 0.6 is 0 Å². The second-order valence-corrected chi connectivity index (χ2v) is 13.9. The number of aryl methyl sites for hydroxylation is 1. The van der Waals surface area contributed by atoms with Crippen molar-refractivity contribution in [3.8, 4) is 0 Å². The SMILES string of the molecule is C=C(CC(=O)OC(C)(C)CCOC(C)(C)CC(CC(C)(C)OCCC(C)C)C(C)C)Cc1ccc(C)cc1. The monoisotopic (exact) mass is 530 g/mol. The molecule has 0 aliphatic rings. The summed E-state index contributed by atoms with van der Waals surface area (Å²) < 4.78 is 18.5. The maximum Gasteiger partial charge on any atom is 0.310 e. The summed E-state index contributed by atoms with van der Waals surface area (Å²) in [6.45, 7) is 29.2. The van der Waals surface area contributed by atoms with Gasteiger partial charge in [0.15, 0.2) is 0 Å². The van der Waals surface area contributed by atoms with Gasteiger partial charge in [0.1, 0.15) is 5.60 Å². The van der Waals surface area contributed by atoms with E-state index in [9.17, 15) is 4.79 Å². The van der Waals surface area contributed by atoms with Crippen molar-refractivity contribution in [2.75, 3.05) is 13.2 Å². The average molecular weight is 531 g/mol. The predicted octanol–water partition coefficient (Wildman–Crippen LogP) is 8.88. The van der Waals surface area contributed by atoms with Crippen LogP contribution in [0.3, 0.4) is 0 Å². The summed E-state index contributed by atoms with van der Waals surface area (Å²) in [6, 6.07) is 8.33. The lowest BCUT2D eigenvalue weighted by Crippen LogP contribution is -2.37. The zero-order chi connectivity index (χ0) is 29.1. The van der Waals surface area contributed by atoms with Crippen LogP contribution in [0.2, 0.25) is 0 Å². The van der Waals surface area contributed by atoms with E-state index < -0.39 is 5.60 Å². The maximum absolute atomic E-state index is 12.6. The fraction of sp³-hybridized carbons (Fsp3) is 0.735. The molecule has 218 valence electrons. The highest BCUT2D eigenvalue weighted by Crippen LogP contribution is 2.34. The first-order valence-electron chi connectivity index (χ1n) is 14.6. The molecule has 4 nitrogen and oxygen atoms in total. The van der Waals surface area contributed by atoms with Gasteiger partial charge in [0.05, 0.1) is 24.2 Å². The highest BCUT2D eigenvalue weighted by atomic mass is 16.6. The lowest BCUT2D eigenvalue weighted by Gasteiger charge is -2.37. The Morgan fingerprint density at radius 2 is 1.37 bits per heavy atom. The molecule has 1 aromatic rings. The van der Waals surface area contributed by atoms with E-state index >= 15 is 0 Å². The molecule has 38 heavy (non-hydrogen) atoms. The minimum atomic E-state index is -0.596. The Labute approximate surface area is 234 Å². The molecule has 0 aromatic heterocycles. The molecular formula is C34H58O4. The van der Waals surface area contributed by atoms with Gasteiger partial charge in [0, 0.05) is 13.0 Å². The Kier molecular flexibility index (Phi) is 13.8. The Balaban J connectivity index is 2.53. The number of hydrogen-bond acceptors (Lipinski definition) is 4. The lowest BCUT2D eigenvalue weighted by molar-refractivity contribution is -0.158. The Hall–Kier alpha value is -1.65. The quantitative estimate of drug-likeness (QED) is 0.140. The van der Waals surface area contributed by atoms with E-state index in [-0.39, 0.29) is 23.6 Å². The molecule has 0 saturated carbocycles. The third-order valence-electron chi connectivity index (χ3n) is 7.19. The molecule has 0 radical (unpaired) electrons. The molecule has 0 N–H and O–H groups in total. The Morgan fingerprint density at radius 3 is 1.87 bits per heavy atom. The summed E-state index contributed by atoms with van der Waals surface area (Å²) in [4.78, 5) is 12.6. The van der Waals surface area contributed by atoms with Crippen LogP contribution in [0.25, 0.3) is 0 Å². The van der Waals surface area contributed by atoms with Gasteiger partial charge in [0.25, 0.3) is 0 Å². The van der Waals surface area contributed by atoms with Gasteiger partial charge in [-0.3, -0.25) is 4.79 Å². The molecule has 0 aliphatic heterocycles. The van der Waals surface area contributed by atoms with Crippen LogP contribution in [0.4, 0.5) is 0 Å². The molecule has 0 saturated heterocycles. The van der Waals surface area contributed by atoms with Gasteiger partial charge >= 0.3 is 5.97 Å². The molecule has 0 bridgehead atoms. The first-order valence-corrected chi connectivity index (χ1v) is 14.6. The maximum atomic E-state index is 12.6. The first-order chi connectivity index (χ1) is 17.4. The van der Waals surface area contributed by atoms with Crippen LogP contribution in [0.5, 0.6) is 0 Å².